The molecule has 0 aromatic heterocycles. The Morgan fingerprint density at radius 1 is 0.955 bits per heavy atom. The summed E-state index contributed by atoms with van der Waals surface area (Å²) in [5.74, 6) is 1.46. The van der Waals surface area contributed by atoms with Gasteiger partial charge in [0.2, 0.25) is 0 Å². The maximum absolute atomic E-state index is 5.54. The minimum Gasteiger partial charge on any atom is -0.381 e. The van der Waals surface area contributed by atoms with Crippen LogP contribution in [0, 0.1) is 5.92 Å². The van der Waals surface area contributed by atoms with Crippen molar-refractivity contribution in [1.29, 1.82) is 0 Å². The van der Waals surface area contributed by atoms with Crippen LogP contribution in [0.1, 0.15) is 46.5 Å². The van der Waals surface area contributed by atoms with Crippen LogP contribution in [0.5, 0.6) is 0 Å². The van der Waals surface area contributed by atoms with Gasteiger partial charge in [-0.15, -0.1) is 24.0 Å². The van der Waals surface area contributed by atoms with Crippen LogP contribution in [-0.4, -0.2) is 52.5 Å². The van der Waals surface area contributed by atoms with Crippen molar-refractivity contribution < 1.29 is 9.47 Å². The zero-order valence-corrected chi connectivity index (χ0v) is 17.2. The summed E-state index contributed by atoms with van der Waals surface area (Å²) in [4.78, 5) is 4.19. The number of hydrogen-bond donors (Lipinski definition) is 2. The zero-order valence-electron chi connectivity index (χ0n) is 14.8. The SMILES string of the molecule is CCCCOCCCNC(=NC)NCCCOCC(C)C.I. The van der Waals surface area contributed by atoms with E-state index in [1.807, 2.05) is 0 Å². The van der Waals surface area contributed by atoms with Gasteiger partial charge in [-0.2, -0.15) is 0 Å². The molecule has 5 nitrogen and oxygen atoms in total. The molecule has 0 aromatic rings. The molecule has 22 heavy (non-hydrogen) atoms. The van der Waals surface area contributed by atoms with Gasteiger partial charge in [0.1, 0.15) is 0 Å². The van der Waals surface area contributed by atoms with Crippen molar-refractivity contribution in [2.45, 2.75) is 46.5 Å². The highest BCUT2D eigenvalue weighted by atomic mass is 127. The van der Waals surface area contributed by atoms with Gasteiger partial charge in [-0.05, 0) is 25.2 Å². The van der Waals surface area contributed by atoms with Gasteiger partial charge in [0.15, 0.2) is 5.96 Å². The average Bonchev–Trinajstić information content (AvgIpc) is 2.47. The van der Waals surface area contributed by atoms with E-state index in [1.54, 1.807) is 7.05 Å². The predicted octanol–water partition coefficient (Wildman–Crippen LogP) is 3.04. The van der Waals surface area contributed by atoms with Crippen molar-refractivity contribution in [2.24, 2.45) is 10.9 Å². The molecule has 0 heterocycles. The van der Waals surface area contributed by atoms with Gasteiger partial charge in [0.25, 0.3) is 0 Å². The Labute approximate surface area is 154 Å². The number of aliphatic imine (C=N–C) groups is 1. The first-order chi connectivity index (χ1) is 10.2. The molecule has 0 rings (SSSR count). The number of guanidine groups is 1. The van der Waals surface area contributed by atoms with E-state index in [2.05, 4.69) is 36.4 Å². The number of nitrogens with zero attached hydrogens (tertiary/aromatic N) is 1. The Bertz CT molecular complexity index is 252. The summed E-state index contributed by atoms with van der Waals surface area (Å²) in [5, 5.41) is 6.57. The van der Waals surface area contributed by atoms with Crippen LogP contribution in [0.2, 0.25) is 0 Å². The molecule has 0 atom stereocenters. The van der Waals surface area contributed by atoms with Gasteiger partial charge < -0.3 is 20.1 Å². The lowest BCUT2D eigenvalue weighted by atomic mass is 10.2. The second kappa shape index (κ2) is 19.0. The van der Waals surface area contributed by atoms with E-state index in [4.69, 9.17) is 9.47 Å². The van der Waals surface area contributed by atoms with Crippen LogP contribution in [0.25, 0.3) is 0 Å². The van der Waals surface area contributed by atoms with Crippen molar-refractivity contribution in [3.8, 4) is 0 Å². The van der Waals surface area contributed by atoms with Crippen LogP contribution in [0.4, 0.5) is 0 Å². The minimum absolute atomic E-state index is 0. The van der Waals surface area contributed by atoms with Crippen LogP contribution in [0.3, 0.4) is 0 Å². The fraction of sp³-hybridized carbons (Fsp3) is 0.938. The monoisotopic (exact) mass is 429 g/mol. The van der Waals surface area contributed by atoms with E-state index in [9.17, 15) is 0 Å². The molecule has 0 aliphatic heterocycles. The van der Waals surface area contributed by atoms with E-state index in [-0.39, 0.29) is 24.0 Å². The summed E-state index contributed by atoms with van der Waals surface area (Å²) in [7, 11) is 1.79. The standard InChI is InChI=1S/C16H35N3O2.HI/c1-5-6-11-20-12-7-9-18-16(17-4)19-10-8-13-21-14-15(2)3;/h15H,5-14H2,1-4H3,(H2,17,18,19);1H. The summed E-state index contributed by atoms with van der Waals surface area (Å²) in [6, 6.07) is 0. The Morgan fingerprint density at radius 3 is 2.00 bits per heavy atom. The minimum atomic E-state index is 0. The predicted molar refractivity (Wildman–Crippen MR) is 105 cm³/mol. The number of rotatable bonds is 13. The lowest BCUT2D eigenvalue weighted by Gasteiger charge is -2.12. The largest absolute Gasteiger partial charge is 0.381 e. The van der Waals surface area contributed by atoms with Crippen molar-refractivity contribution in [2.75, 3.05) is 46.6 Å². The number of unbranched alkanes of at least 4 members (excludes halogenated alkanes) is 1. The summed E-state index contributed by atoms with van der Waals surface area (Å²) in [6.07, 6.45) is 4.33. The number of ether oxygens (including phenoxy) is 2. The van der Waals surface area contributed by atoms with E-state index in [0.717, 1.165) is 64.7 Å². The highest BCUT2D eigenvalue weighted by molar-refractivity contribution is 14.0. The second-order valence-electron chi connectivity index (χ2n) is 5.57. The van der Waals surface area contributed by atoms with E-state index < -0.39 is 0 Å². The molecule has 134 valence electrons. The number of nitrogens with one attached hydrogen (secondary N) is 2. The fourth-order valence-corrected chi connectivity index (χ4v) is 1.65. The summed E-state index contributed by atoms with van der Waals surface area (Å²) in [6.45, 7) is 11.6. The maximum Gasteiger partial charge on any atom is 0.190 e. The first-order valence-electron chi connectivity index (χ1n) is 8.30. The first-order valence-corrected chi connectivity index (χ1v) is 8.30. The Kier molecular flexibility index (Phi) is 20.8. The molecule has 0 aliphatic carbocycles. The number of halogens is 1. The third-order valence-electron chi connectivity index (χ3n) is 2.83. The van der Waals surface area contributed by atoms with Gasteiger partial charge >= 0.3 is 0 Å². The fourth-order valence-electron chi connectivity index (χ4n) is 1.65. The van der Waals surface area contributed by atoms with Crippen LogP contribution >= 0.6 is 24.0 Å². The van der Waals surface area contributed by atoms with Crippen LogP contribution in [-0.2, 0) is 9.47 Å². The second-order valence-corrected chi connectivity index (χ2v) is 5.57. The van der Waals surface area contributed by atoms with Crippen LogP contribution < -0.4 is 10.6 Å². The Hall–Kier alpha value is -0.0800. The Morgan fingerprint density at radius 2 is 1.50 bits per heavy atom. The summed E-state index contributed by atoms with van der Waals surface area (Å²) < 4.78 is 11.1. The van der Waals surface area contributed by atoms with Gasteiger partial charge in [-0.3, -0.25) is 4.99 Å². The molecular weight excluding hydrogens is 393 g/mol. The molecule has 0 radical (unpaired) electrons. The third kappa shape index (κ3) is 18.0. The summed E-state index contributed by atoms with van der Waals surface area (Å²) >= 11 is 0. The molecule has 6 heteroatoms. The van der Waals surface area contributed by atoms with E-state index in [1.165, 1.54) is 6.42 Å². The lowest BCUT2D eigenvalue weighted by molar-refractivity contribution is 0.108. The van der Waals surface area contributed by atoms with E-state index in [0.29, 0.717) is 5.92 Å². The van der Waals surface area contributed by atoms with Crippen LogP contribution in [0.15, 0.2) is 4.99 Å². The first kappa shape index (κ1) is 24.2. The van der Waals surface area contributed by atoms with Crippen molar-refractivity contribution in [3.63, 3.8) is 0 Å². The topological polar surface area (TPSA) is 54.9 Å². The van der Waals surface area contributed by atoms with E-state index >= 15 is 0 Å². The zero-order chi connectivity index (χ0) is 15.8. The van der Waals surface area contributed by atoms with Crippen molar-refractivity contribution >= 4 is 29.9 Å². The molecular formula is C16H36IN3O2. The molecule has 0 saturated carbocycles. The van der Waals surface area contributed by atoms with Crippen molar-refractivity contribution in [1.82, 2.24) is 10.6 Å². The highest BCUT2D eigenvalue weighted by Gasteiger charge is 1.97. The number of hydrogen-bond acceptors (Lipinski definition) is 3. The van der Waals surface area contributed by atoms with Gasteiger partial charge in [0, 0.05) is 46.6 Å². The highest BCUT2D eigenvalue weighted by Crippen LogP contribution is 1.93. The molecule has 2 N–H and O–H groups in total. The molecule has 0 aromatic carbocycles. The average molecular weight is 429 g/mol. The quantitative estimate of drug-likeness (QED) is 0.205. The van der Waals surface area contributed by atoms with Crippen molar-refractivity contribution in [3.05, 3.63) is 0 Å². The molecule has 0 unspecified atom stereocenters. The van der Waals surface area contributed by atoms with Gasteiger partial charge in [0.05, 0.1) is 0 Å². The smallest absolute Gasteiger partial charge is 0.190 e. The molecule has 0 bridgehead atoms. The van der Waals surface area contributed by atoms with Gasteiger partial charge in [-0.25, -0.2) is 0 Å². The third-order valence-corrected chi connectivity index (χ3v) is 2.83. The summed E-state index contributed by atoms with van der Waals surface area (Å²) in [5.41, 5.74) is 0. The van der Waals surface area contributed by atoms with Gasteiger partial charge in [-0.1, -0.05) is 27.2 Å². The lowest BCUT2D eigenvalue weighted by Crippen LogP contribution is -2.38. The normalized spacial score (nSPS) is 11.4. The molecule has 0 spiro atoms. The maximum atomic E-state index is 5.54. The molecule has 0 saturated heterocycles. The molecule has 0 aliphatic rings. The molecule has 0 fully saturated rings. The Balaban J connectivity index is 0. The molecule has 0 amide bonds.